The molecule has 1 aliphatic heterocycles. The molecule has 1 fully saturated rings. The standard InChI is InChI=1S/C10H12ClFN2O2S/c11-7-3-8(12)5-10(4-7)17(15,16)14-2-1-9(13)6-14/h3-5,9H,1-2,6,13H2/t9-/m1/s1. The van der Waals surface area contributed by atoms with Gasteiger partial charge in [0.05, 0.1) is 4.90 Å². The average molecular weight is 279 g/mol. The number of nitrogens with zero attached hydrogens (tertiary/aromatic N) is 1. The first kappa shape index (κ1) is 12.8. The summed E-state index contributed by atoms with van der Waals surface area (Å²) < 4.78 is 38.6. The van der Waals surface area contributed by atoms with E-state index in [0.29, 0.717) is 13.0 Å². The molecule has 1 aromatic rings. The molecule has 1 aromatic carbocycles. The molecule has 1 aliphatic rings. The molecule has 2 rings (SSSR count). The van der Waals surface area contributed by atoms with Crippen LogP contribution in [0.2, 0.25) is 5.02 Å². The molecule has 0 amide bonds. The molecule has 2 N–H and O–H groups in total. The van der Waals surface area contributed by atoms with Crippen LogP contribution in [-0.2, 0) is 10.0 Å². The fraction of sp³-hybridized carbons (Fsp3) is 0.400. The SMILES string of the molecule is N[C@@H]1CCN(S(=O)(=O)c2cc(F)cc(Cl)c2)C1. The topological polar surface area (TPSA) is 63.4 Å². The lowest BCUT2D eigenvalue weighted by atomic mass is 10.3. The van der Waals surface area contributed by atoms with Crippen molar-refractivity contribution >= 4 is 21.6 Å². The van der Waals surface area contributed by atoms with Gasteiger partial charge >= 0.3 is 0 Å². The van der Waals surface area contributed by atoms with Gasteiger partial charge in [-0.3, -0.25) is 0 Å². The smallest absolute Gasteiger partial charge is 0.243 e. The molecule has 1 saturated heterocycles. The molecule has 0 bridgehead atoms. The highest BCUT2D eigenvalue weighted by atomic mass is 35.5. The number of sulfonamides is 1. The summed E-state index contributed by atoms with van der Waals surface area (Å²) in [6.07, 6.45) is 0.613. The second-order valence-electron chi connectivity index (χ2n) is 4.02. The van der Waals surface area contributed by atoms with Crippen LogP contribution in [-0.4, -0.2) is 31.9 Å². The summed E-state index contributed by atoms with van der Waals surface area (Å²) in [7, 11) is -3.69. The van der Waals surface area contributed by atoms with Crippen LogP contribution in [0.15, 0.2) is 23.1 Å². The average Bonchev–Trinajstić information content (AvgIpc) is 2.64. The largest absolute Gasteiger partial charge is 0.326 e. The Bertz CT molecular complexity index is 515. The molecule has 0 unspecified atom stereocenters. The van der Waals surface area contributed by atoms with E-state index in [1.807, 2.05) is 0 Å². The van der Waals surface area contributed by atoms with Crippen LogP contribution in [0.4, 0.5) is 4.39 Å². The van der Waals surface area contributed by atoms with Crippen LogP contribution >= 0.6 is 11.6 Å². The van der Waals surface area contributed by atoms with Gasteiger partial charge in [-0.25, -0.2) is 12.8 Å². The fourth-order valence-corrected chi connectivity index (χ4v) is 3.65. The maximum Gasteiger partial charge on any atom is 0.243 e. The summed E-state index contributed by atoms with van der Waals surface area (Å²) in [4.78, 5) is -0.128. The number of halogens is 2. The number of hydrogen-bond donors (Lipinski definition) is 1. The van der Waals surface area contributed by atoms with Crippen LogP contribution in [0.25, 0.3) is 0 Å². The Morgan fingerprint density at radius 2 is 2.12 bits per heavy atom. The fourth-order valence-electron chi connectivity index (χ4n) is 1.80. The third-order valence-electron chi connectivity index (χ3n) is 2.66. The van der Waals surface area contributed by atoms with Gasteiger partial charge in [0.2, 0.25) is 10.0 Å². The Morgan fingerprint density at radius 1 is 1.41 bits per heavy atom. The lowest BCUT2D eigenvalue weighted by Crippen LogP contribution is -2.32. The van der Waals surface area contributed by atoms with Gasteiger partial charge in [0.25, 0.3) is 0 Å². The summed E-state index contributed by atoms with van der Waals surface area (Å²) in [5.41, 5.74) is 5.65. The van der Waals surface area contributed by atoms with Crippen molar-refractivity contribution in [3.8, 4) is 0 Å². The van der Waals surface area contributed by atoms with Crippen molar-refractivity contribution in [2.45, 2.75) is 17.4 Å². The molecule has 0 spiro atoms. The minimum atomic E-state index is -3.69. The molecule has 94 valence electrons. The van der Waals surface area contributed by atoms with Crippen molar-refractivity contribution < 1.29 is 12.8 Å². The molecule has 0 radical (unpaired) electrons. The third-order valence-corrected chi connectivity index (χ3v) is 4.72. The number of benzene rings is 1. The van der Waals surface area contributed by atoms with E-state index < -0.39 is 15.8 Å². The first-order valence-electron chi connectivity index (χ1n) is 5.11. The van der Waals surface area contributed by atoms with Gasteiger partial charge in [0.15, 0.2) is 0 Å². The van der Waals surface area contributed by atoms with E-state index in [4.69, 9.17) is 17.3 Å². The normalized spacial score (nSPS) is 21.9. The minimum Gasteiger partial charge on any atom is -0.326 e. The molecule has 1 atom stereocenters. The Hall–Kier alpha value is -0.690. The molecule has 17 heavy (non-hydrogen) atoms. The molecular formula is C10H12ClFN2O2S. The number of nitrogens with two attached hydrogens (primary N) is 1. The van der Waals surface area contributed by atoms with Gasteiger partial charge in [-0.15, -0.1) is 0 Å². The van der Waals surface area contributed by atoms with Gasteiger partial charge in [-0.05, 0) is 24.6 Å². The Labute approximate surface area is 104 Å². The van der Waals surface area contributed by atoms with E-state index in [1.165, 1.54) is 10.4 Å². The van der Waals surface area contributed by atoms with Gasteiger partial charge in [-0.2, -0.15) is 4.31 Å². The van der Waals surface area contributed by atoms with Crippen LogP contribution < -0.4 is 5.73 Å². The quantitative estimate of drug-likeness (QED) is 0.884. The summed E-state index contributed by atoms with van der Waals surface area (Å²) in [5.74, 6) is -0.667. The summed E-state index contributed by atoms with van der Waals surface area (Å²) in [5, 5.41) is 0.0621. The van der Waals surface area contributed by atoms with E-state index in [2.05, 4.69) is 0 Å². The lowest BCUT2D eigenvalue weighted by molar-refractivity contribution is 0.471. The highest BCUT2D eigenvalue weighted by molar-refractivity contribution is 7.89. The summed E-state index contributed by atoms with van der Waals surface area (Å²) in [6.45, 7) is 0.619. The van der Waals surface area contributed by atoms with Crippen molar-refractivity contribution in [2.24, 2.45) is 5.73 Å². The number of rotatable bonds is 2. The molecule has 1 heterocycles. The van der Waals surface area contributed by atoms with Crippen molar-refractivity contribution in [1.29, 1.82) is 0 Å². The van der Waals surface area contributed by atoms with Crippen LogP contribution in [0.5, 0.6) is 0 Å². The third kappa shape index (κ3) is 2.60. The van der Waals surface area contributed by atoms with Crippen LogP contribution in [0.3, 0.4) is 0 Å². The highest BCUT2D eigenvalue weighted by Crippen LogP contribution is 2.24. The van der Waals surface area contributed by atoms with E-state index in [1.54, 1.807) is 0 Å². The highest BCUT2D eigenvalue weighted by Gasteiger charge is 2.31. The van der Waals surface area contributed by atoms with Crippen LogP contribution in [0.1, 0.15) is 6.42 Å². The van der Waals surface area contributed by atoms with E-state index in [9.17, 15) is 12.8 Å². The Balaban J connectivity index is 2.38. The van der Waals surface area contributed by atoms with Crippen LogP contribution in [0, 0.1) is 5.82 Å². The molecule has 0 saturated carbocycles. The second-order valence-corrected chi connectivity index (χ2v) is 6.39. The molecule has 7 heteroatoms. The van der Waals surface area contributed by atoms with Gasteiger partial charge < -0.3 is 5.73 Å². The predicted molar refractivity (Wildman–Crippen MR) is 62.8 cm³/mol. The van der Waals surface area contributed by atoms with Gasteiger partial charge in [-0.1, -0.05) is 11.6 Å². The maximum absolute atomic E-state index is 13.1. The minimum absolute atomic E-state index is 0.0621. The van der Waals surface area contributed by atoms with Gasteiger partial charge in [0.1, 0.15) is 5.82 Å². The van der Waals surface area contributed by atoms with E-state index in [-0.39, 0.29) is 22.5 Å². The maximum atomic E-state index is 13.1. The zero-order chi connectivity index (χ0) is 12.6. The monoisotopic (exact) mass is 278 g/mol. The van der Waals surface area contributed by atoms with Gasteiger partial charge in [0, 0.05) is 24.2 Å². The Morgan fingerprint density at radius 3 is 2.65 bits per heavy atom. The zero-order valence-electron chi connectivity index (χ0n) is 8.94. The van der Waals surface area contributed by atoms with Crippen molar-refractivity contribution in [3.63, 3.8) is 0 Å². The molecular weight excluding hydrogens is 267 g/mol. The Kier molecular flexibility index (Phi) is 3.40. The van der Waals surface area contributed by atoms with Crippen molar-refractivity contribution in [1.82, 2.24) is 4.31 Å². The molecule has 0 aromatic heterocycles. The van der Waals surface area contributed by atoms with Crippen molar-refractivity contribution in [2.75, 3.05) is 13.1 Å². The molecule has 0 aliphatic carbocycles. The second kappa shape index (κ2) is 4.53. The predicted octanol–water partition coefficient (Wildman–Crippen LogP) is 1.20. The number of hydrogen-bond acceptors (Lipinski definition) is 3. The first-order chi connectivity index (χ1) is 7.89. The summed E-state index contributed by atoms with van der Waals surface area (Å²) in [6, 6.07) is 3.11. The lowest BCUT2D eigenvalue weighted by Gasteiger charge is -2.16. The zero-order valence-corrected chi connectivity index (χ0v) is 10.5. The summed E-state index contributed by atoms with van der Waals surface area (Å²) >= 11 is 5.64. The molecule has 4 nitrogen and oxygen atoms in total. The van der Waals surface area contributed by atoms with E-state index in [0.717, 1.165) is 12.1 Å². The van der Waals surface area contributed by atoms with Crippen molar-refractivity contribution in [3.05, 3.63) is 29.0 Å². The first-order valence-corrected chi connectivity index (χ1v) is 6.93. The van der Waals surface area contributed by atoms with E-state index >= 15 is 0 Å².